The van der Waals surface area contributed by atoms with Crippen LogP contribution in [0.4, 0.5) is 11.4 Å². The van der Waals surface area contributed by atoms with Crippen molar-refractivity contribution in [2.45, 2.75) is 13.0 Å². The van der Waals surface area contributed by atoms with E-state index in [1.54, 1.807) is 17.1 Å². The standard InChI is InChI=1S/C18H17N3O4/c1-12-16(13-6-4-3-5-7-13)19-20(17(12)18(22)25-2)14-8-10-15(11-9-14)21(23)24/h3-12,17H,1-2H3. The Kier molecular flexibility index (Phi) is 4.47. The van der Waals surface area contributed by atoms with Crippen LogP contribution < -0.4 is 5.01 Å². The van der Waals surface area contributed by atoms with Gasteiger partial charge < -0.3 is 4.74 Å². The van der Waals surface area contributed by atoms with Gasteiger partial charge in [0.05, 0.1) is 23.4 Å². The van der Waals surface area contributed by atoms with Crippen molar-refractivity contribution in [1.29, 1.82) is 0 Å². The van der Waals surface area contributed by atoms with Crippen LogP contribution in [-0.2, 0) is 9.53 Å². The molecule has 0 aliphatic carbocycles. The smallest absolute Gasteiger partial charge is 0.331 e. The predicted molar refractivity (Wildman–Crippen MR) is 93.5 cm³/mol. The van der Waals surface area contributed by atoms with E-state index in [0.29, 0.717) is 5.69 Å². The first-order chi connectivity index (χ1) is 12.0. The van der Waals surface area contributed by atoms with Crippen LogP contribution in [0.3, 0.4) is 0 Å². The average molecular weight is 339 g/mol. The Morgan fingerprint density at radius 1 is 1.16 bits per heavy atom. The number of hydrogen-bond donors (Lipinski definition) is 0. The van der Waals surface area contributed by atoms with Gasteiger partial charge in [0.15, 0.2) is 6.04 Å². The highest BCUT2D eigenvalue weighted by Gasteiger charge is 2.41. The molecule has 0 fully saturated rings. The third kappa shape index (κ3) is 3.08. The second kappa shape index (κ2) is 6.72. The lowest BCUT2D eigenvalue weighted by Gasteiger charge is -2.23. The average Bonchev–Trinajstić information content (AvgIpc) is 2.99. The lowest BCUT2D eigenvalue weighted by atomic mass is 9.93. The van der Waals surface area contributed by atoms with Crippen LogP contribution in [0.1, 0.15) is 12.5 Å². The number of esters is 1. The Bertz CT molecular complexity index is 818. The van der Waals surface area contributed by atoms with E-state index in [1.165, 1.54) is 19.2 Å². The molecule has 7 nitrogen and oxygen atoms in total. The number of benzene rings is 2. The molecular weight excluding hydrogens is 322 g/mol. The number of nitro groups is 1. The highest BCUT2D eigenvalue weighted by atomic mass is 16.6. The summed E-state index contributed by atoms with van der Waals surface area (Å²) in [7, 11) is 1.34. The molecule has 0 saturated heterocycles. The maximum atomic E-state index is 12.3. The molecule has 3 rings (SSSR count). The zero-order chi connectivity index (χ0) is 18.0. The van der Waals surface area contributed by atoms with Gasteiger partial charge in [0.2, 0.25) is 0 Å². The van der Waals surface area contributed by atoms with Crippen LogP contribution in [0.15, 0.2) is 59.7 Å². The van der Waals surface area contributed by atoms with Gasteiger partial charge in [-0.15, -0.1) is 0 Å². The summed E-state index contributed by atoms with van der Waals surface area (Å²) in [6.45, 7) is 1.92. The van der Waals surface area contributed by atoms with E-state index in [4.69, 9.17) is 4.74 Å². The predicted octanol–water partition coefficient (Wildman–Crippen LogP) is 3.00. The molecule has 0 N–H and O–H groups in total. The monoisotopic (exact) mass is 339 g/mol. The minimum atomic E-state index is -0.623. The molecule has 0 radical (unpaired) electrons. The first-order valence-corrected chi connectivity index (χ1v) is 7.78. The third-order valence-electron chi connectivity index (χ3n) is 4.22. The number of hydrogen-bond acceptors (Lipinski definition) is 6. The molecule has 0 aromatic heterocycles. The maximum Gasteiger partial charge on any atom is 0.331 e. The largest absolute Gasteiger partial charge is 0.467 e. The molecular formula is C18H17N3O4. The molecule has 1 aliphatic rings. The van der Waals surface area contributed by atoms with Crippen molar-refractivity contribution in [3.63, 3.8) is 0 Å². The minimum absolute atomic E-state index is 0.0159. The normalized spacial score (nSPS) is 19.4. The van der Waals surface area contributed by atoms with E-state index >= 15 is 0 Å². The molecule has 128 valence electrons. The van der Waals surface area contributed by atoms with Crippen molar-refractivity contribution >= 4 is 23.1 Å². The quantitative estimate of drug-likeness (QED) is 0.486. The lowest BCUT2D eigenvalue weighted by Crippen LogP contribution is -2.40. The van der Waals surface area contributed by atoms with Crippen molar-refractivity contribution in [3.05, 3.63) is 70.3 Å². The molecule has 25 heavy (non-hydrogen) atoms. The number of nitrogens with zero attached hydrogens (tertiary/aromatic N) is 3. The van der Waals surface area contributed by atoms with E-state index in [1.807, 2.05) is 37.3 Å². The second-order valence-electron chi connectivity index (χ2n) is 5.73. The number of anilines is 1. The summed E-state index contributed by atoms with van der Waals surface area (Å²) in [5.41, 5.74) is 2.28. The van der Waals surface area contributed by atoms with Gasteiger partial charge in [-0.1, -0.05) is 37.3 Å². The fraction of sp³-hybridized carbons (Fsp3) is 0.222. The Morgan fingerprint density at radius 3 is 2.36 bits per heavy atom. The summed E-state index contributed by atoms with van der Waals surface area (Å²) in [6, 6.07) is 14.9. The van der Waals surface area contributed by atoms with Crippen molar-refractivity contribution < 1.29 is 14.5 Å². The molecule has 2 aromatic carbocycles. The summed E-state index contributed by atoms with van der Waals surface area (Å²) in [5, 5.41) is 17.0. The third-order valence-corrected chi connectivity index (χ3v) is 4.22. The Hall–Kier alpha value is -3.22. The second-order valence-corrected chi connectivity index (χ2v) is 5.73. The van der Waals surface area contributed by atoms with Crippen LogP contribution in [-0.4, -0.2) is 29.8 Å². The van der Waals surface area contributed by atoms with Gasteiger partial charge in [-0.25, -0.2) is 4.79 Å². The van der Waals surface area contributed by atoms with Crippen molar-refractivity contribution in [3.8, 4) is 0 Å². The summed E-state index contributed by atoms with van der Waals surface area (Å²) < 4.78 is 4.94. The highest BCUT2D eigenvalue weighted by molar-refractivity contribution is 6.08. The van der Waals surface area contributed by atoms with Crippen LogP contribution in [0.5, 0.6) is 0 Å². The fourth-order valence-electron chi connectivity index (χ4n) is 2.93. The van der Waals surface area contributed by atoms with Crippen LogP contribution in [0, 0.1) is 16.0 Å². The molecule has 2 atom stereocenters. The molecule has 0 bridgehead atoms. The minimum Gasteiger partial charge on any atom is -0.467 e. The summed E-state index contributed by atoms with van der Waals surface area (Å²) in [6.07, 6.45) is 0. The molecule has 0 saturated carbocycles. The highest BCUT2D eigenvalue weighted by Crippen LogP contribution is 2.32. The summed E-state index contributed by atoms with van der Waals surface area (Å²) in [4.78, 5) is 22.7. The molecule has 2 unspecified atom stereocenters. The Morgan fingerprint density at radius 2 is 1.80 bits per heavy atom. The first-order valence-electron chi connectivity index (χ1n) is 7.78. The van der Waals surface area contributed by atoms with Gasteiger partial charge in [0.25, 0.3) is 5.69 Å². The van der Waals surface area contributed by atoms with E-state index in [-0.39, 0.29) is 11.6 Å². The van der Waals surface area contributed by atoms with Crippen molar-refractivity contribution in [2.24, 2.45) is 11.0 Å². The van der Waals surface area contributed by atoms with Gasteiger partial charge in [0.1, 0.15) is 0 Å². The number of ether oxygens (including phenoxy) is 1. The molecule has 1 heterocycles. The molecule has 1 aliphatic heterocycles. The fourth-order valence-corrected chi connectivity index (χ4v) is 2.93. The number of methoxy groups -OCH3 is 1. The number of rotatable bonds is 4. The zero-order valence-electron chi connectivity index (χ0n) is 13.8. The number of carbonyl (C=O) groups is 1. The van der Waals surface area contributed by atoms with E-state index in [2.05, 4.69) is 5.10 Å². The molecule has 0 spiro atoms. The number of non-ortho nitro benzene ring substituents is 1. The Labute approximate surface area is 144 Å². The molecule has 7 heteroatoms. The van der Waals surface area contributed by atoms with E-state index in [9.17, 15) is 14.9 Å². The molecule has 0 amide bonds. The maximum absolute atomic E-state index is 12.3. The van der Waals surface area contributed by atoms with Crippen molar-refractivity contribution in [2.75, 3.05) is 12.1 Å². The van der Waals surface area contributed by atoms with E-state index in [0.717, 1.165) is 11.3 Å². The SMILES string of the molecule is COC(=O)C1C(C)C(c2ccccc2)=NN1c1ccc([N+](=O)[O-])cc1. The van der Waals surface area contributed by atoms with Crippen LogP contribution in [0.25, 0.3) is 0 Å². The van der Waals surface area contributed by atoms with Gasteiger partial charge >= 0.3 is 5.97 Å². The van der Waals surface area contributed by atoms with Gasteiger partial charge in [-0.05, 0) is 17.7 Å². The number of nitro benzene ring substituents is 1. The lowest BCUT2D eigenvalue weighted by molar-refractivity contribution is -0.384. The van der Waals surface area contributed by atoms with Crippen LogP contribution in [0.2, 0.25) is 0 Å². The van der Waals surface area contributed by atoms with E-state index < -0.39 is 16.9 Å². The molecule has 2 aromatic rings. The first kappa shape index (κ1) is 16.6. The van der Waals surface area contributed by atoms with Crippen molar-refractivity contribution in [1.82, 2.24) is 0 Å². The number of hydrazone groups is 1. The van der Waals surface area contributed by atoms with Crippen LogP contribution >= 0.6 is 0 Å². The summed E-state index contributed by atoms with van der Waals surface area (Å²) >= 11 is 0. The Balaban J connectivity index is 2.02. The van der Waals surface area contributed by atoms with Gasteiger partial charge in [0, 0.05) is 18.1 Å². The zero-order valence-corrected chi connectivity index (χ0v) is 13.8. The van der Waals surface area contributed by atoms with Gasteiger partial charge in [-0.3, -0.25) is 15.1 Å². The number of carbonyl (C=O) groups excluding carboxylic acids is 1. The summed E-state index contributed by atoms with van der Waals surface area (Å²) in [5.74, 6) is -0.592. The topological polar surface area (TPSA) is 85.0 Å². The van der Waals surface area contributed by atoms with Gasteiger partial charge in [-0.2, -0.15) is 5.10 Å².